The van der Waals surface area contributed by atoms with Crippen LogP contribution in [0.4, 0.5) is 11.4 Å². The molecule has 0 bridgehead atoms. The number of rotatable bonds is 2. The topological polar surface area (TPSA) is 46.3 Å². The third-order valence-corrected chi connectivity index (χ3v) is 4.37. The fourth-order valence-electron chi connectivity index (χ4n) is 2.90. The second-order valence-electron chi connectivity index (χ2n) is 5.64. The molecular formula is C16H23ClN2O. The van der Waals surface area contributed by atoms with Crippen molar-refractivity contribution >= 4 is 28.9 Å². The molecule has 1 aliphatic carbocycles. The lowest BCUT2D eigenvalue weighted by molar-refractivity contribution is -0.122. The fraction of sp³-hybridized carbons (Fsp3) is 0.562. The molecule has 0 unspecified atom stereocenters. The van der Waals surface area contributed by atoms with Gasteiger partial charge in [0.25, 0.3) is 0 Å². The van der Waals surface area contributed by atoms with Crippen molar-refractivity contribution < 1.29 is 4.79 Å². The molecule has 2 rings (SSSR count). The van der Waals surface area contributed by atoms with Crippen LogP contribution in [-0.2, 0) is 4.79 Å². The van der Waals surface area contributed by atoms with Gasteiger partial charge < -0.3 is 10.6 Å². The van der Waals surface area contributed by atoms with Gasteiger partial charge in [-0.3, -0.25) is 4.79 Å². The Morgan fingerprint density at radius 2 is 1.80 bits per heavy atom. The maximum Gasteiger partial charge on any atom is 0.229 e. The number of carbonyl (C=O) groups is 1. The lowest BCUT2D eigenvalue weighted by atomic mass is 9.90. The maximum absolute atomic E-state index is 12.7. The summed E-state index contributed by atoms with van der Waals surface area (Å²) in [5.41, 5.74) is 7.27. The van der Waals surface area contributed by atoms with Gasteiger partial charge >= 0.3 is 0 Å². The van der Waals surface area contributed by atoms with Crippen LogP contribution < -0.4 is 10.6 Å². The van der Waals surface area contributed by atoms with E-state index < -0.39 is 0 Å². The van der Waals surface area contributed by atoms with E-state index in [1.54, 1.807) is 30.1 Å². The Kier molecular flexibility index (Phi) is 5.30. The van der Waals surface area contributed by atoms with Crippen LogP contribution in [0.25, 0.3) is 0 Å². The van der Waals surface area contributed by atoms with Crippen molar-refractivity contribution in [3.63, 3.8) is 0 Å². The lowest BCUT2D eigenvalue weighted by Crippen LogP contribution is -2.33. The number of hydrogen-bond donors (Lipinski definition) is 1. The third-order valence-electron chi connectivity index (χ3n) is 4.14. The zero-order chi connectivity index (χ0) is 14.5. The highest BCUT2D eigenvalue weighted by molar-refractivity contribution is 6.31. The molecule has 1 aromatic rings. The van der Waals surface area contributed by atoms with Crippen molar-refractivity contribution in [1.82, 2.24) is 0 Å². The highest BCUT2D eigenvalue weighted by Crippen LogP contribution is 2.30. The first kappa shape index (κ1) is 15.2. The van der Waals surface area contributed by atoms with E-state index in [-0.39, 0.29) is 11.8 Å². The summed E-state index contributed by atoms with van der Waals surface area (Å²) < 4.78 is 0. The Balaban J connectivity index is 2.12. The van der Waals surface area contributed by atoms with Gasteiger partial charge in [0.05, 0.1) is 11.4 Å². The monoisotopic (exact) mass is 294 g/mol. The molecule has 0 atom stereocenters. The van der Waals surface area contributed by atoms with Crippen LogP contribution in [0, 0.1) is 5.92 Å². The zero-order valence-electron chi connectivity index (χ0n) is 12.1. The second kappa shape index (κ2) is 6.98. The predicted molar refractivity (Wildman–Crippen MR) is 85.1 cm³/mol. The van der Waals surface area contributed by atoms with Gasteiger partial charge in [-0.25, -0.2) is 0 Å². The van der Waals surface area contributed by atoms with Gasteiger partial charge in [-0.05, 0) is 31.0 Å². The number of anilines is 2. The standard InChI is InChI=1S/C16H23ClN2O/c1-19(15-11-13(17)9-10-14(15)18)16(20)12-7-5-3-2-4-6-8-12/h9-12H,2-8,18H2,1H3. The van der Waals surface area contributed by atoms with Crippen molar-refractivity contribution in [2.75, 3.05) is 17.7 Å². The van der Waals surface area contributed by atoms with Gasteiger partial charge in [-0.2, -0.15) is 0 Å². The first-order valence-electron chi connectivity index (χ1n) is 7.42. The maximum atomic E-state index is 12.7. The first-order chi connectivity index (χ1) is 9.59. The molecule has 1 amide bonds. The van der Waals surface area contributed by atoms with Crippen molar-refractivity contribution in [3.8, 4) is 0 Å². The Hall–Kier alpha value is -1.22. The summed E-state index contributed by atoms with van der Waals surface area (Å²) in [4.78, 5) is 14.3. The van der Waals surface area contributed by atoms with Crippen LogP contribution in [-0.4, -0.2) is 13.0 Å². The van der Waals surface area contributed by atoms with Gasteiger partial charge in [-0.1, -0.05) is 43.7 Å². The summed E-state index contributed by atoms with van der Waals surface area (Å²) in [6.45, 7) is 0. The summed E-state index contributed by atoms with van der Waals surface area (Å²) in [7, 11) is 1.79. The summed E-state index contributed by atoms with van der Waals surface area (Å²) in [6.07, 6.45) is 8.06. The summed E-state index contributed by atoms with van der Waals surface area (Å²) in [6, 6.07) is 5.26. The summed E-state index contributed by atoms with van der Waals surface area (Å²) >= 11 is 6.01. The van der Waals surface area contributed by atoms with Crippen LogP contribution >= 0.6 is 11.6 Å². The highest BCUT2D eigenvalue weighted by Gasteiger charge is 2.24. The zero-order valence-corrected chi connectivity index (χ0v) is 12.8. The molecule has 0 spiro atoms. The van der Waals surface area contributed by atoms with E-state index >= 15 is 0 Å². The average Bonchev–Trinajstić information content (AvgIpc) is 2.40. The van der Waals surface area contributed by atoms with Gasteiger partial charge in [-0.15, -0.1) is 0 Å². The summed E-state index contributed by atoms with van der Waals surface area (Å²) in [5, 5.41) is 0.603. The Bertz CT molecular complexity index is 468. The molecule has 20 heavy (non-hydrogen) atoms. The summed E-state index contributed by atoms with van der Waals surface area (Å²) in [5.74, 6) is 0.291. The highest BCUT2D eigenvalue weighted by atomic mass is 35.5. The van der Waals surface area contributed by atoms with Crippen molar-refractivity contribution in [1.29, 1.82) is 0 Å². The van der Waals surface area contributed by atoms with Crippen molar-refractivity contribution in [2.45, 2.75) is 44.9 Å². The molecule has 0 aliphatic heterocycles. The molecule has 1 saturated carbocycles. The van der Waals surface area contributed by atoms with E-state index in [1.807, 2.05) is 0 Å². The largest absolute Gasteiger partial charge is 0.397 e. The fourth-order valence-corrected chi connectivity index (χ4v) is 3.07. The van der Waals surface area contributed by atoms with Crippen LogP contribution in [0.5, 0.6) is 0 Å². The quantitative estimate of drug-likeness (QED) is 0.829. The molecule has 1 aliphatic rings. The Labute approximate surface area is 126 Å². The van der Waals surface area contributed by atoms with Crippen molar-refractivity contribution in [3.05, 3.63) is 23.2 Å². The normalized spacial score (nSPS) is 17.3. The van der Waals surface area contributed by atoms with E-state index in [2.05, 4.69) is 0 Å². The van der Waals surface area contributed by atoms with Crippen LogP contribution in [0.3, 0.4) is 0 Å². The van der Waals surface area contributed by atoms with Crippen LogP contribution in [0.1, 0.15) is 44.9 Å². The minimum Gasteiger partial charge on any atom is -0.397 e. The molecule has 0 saturated heterocycles. The van der Waals surface area contributed by atoms with Crippen LogP contribution in [0.15, 0.2) is 18.2 Å². The van der Waals surface area contributed by atoms with E-state index in [9.17, 15) is 4.79 Å². The molecule has 3 nitrogen and oxygen atoms in total. The Morgan fingerprint density at radius 3 is 2.45 bits per heavy atom. The number of nitrogens with zero attached hydrogens (tertiary/aromatic N) is 1. The van der Waals surface area contributed by atoms with E-state index in [0.29, 0.717) is 16.4 Å². The number of nitrogens with two attached hydrogens (primary N) is 1. The predicted octanol–water partition coefficient (Wildman–Crippen LogP) is 4.25. The van der Waals surface area contributed by atoms with E-state index in [4.69, 9.17) is 17.3 Å². The number of carbonyl (C=O) groups excluding carboxylic acids is 1. The molecule has 110 valence electrons. The molecule has 0 radical (unpaired) electrons. The minimum absolute atomic E-state index is 0.124. The molecule has 1 fully saturated rings. The second-order valence-corrected chi connectivity index (χ2v) is 6.08. The minimum atomic E-state index is 0.124. The molecule has 1 aromatic carbocycles. The number of nitrogen functional groups attached to an aromatic ring is 1. The number of hydrogen-bond acceptors (Lipinski definition) is 2. The molecule has 0 aromatic heterocycles. The van der Waals surface area contributed by atoms with Crippen molar-refractivity contribution in [2.24, 2.45) is 5.92 Å². The number of benzene rings is 1. The third kappa shape index (κ3) is 3.66. The van der Waals surface area contributed by atoms with Gasteiger partial charge in [0, 0.05) is 18.0 Å². The van der Waals surface area contributed by atoms with Crippen LogP contribution in [0.2, 0.25) is 5.02 Å². The van der Waals surface area contributed by atoms with Gasteiger partial charge in [0.1, 0.15) is 0 Å². The van der Waals surface area contributed by atoms with E-state index in [0.717, 1.165) is 25.7 Å². The number of amides is 1. The Morgan fingerprint density at radius 1 is 1.20 bits per heavy atom. The van der Waals surface area contributed by atoms with Gasteiger partial charge in [0.15, 0.2) is 0 Å². The average molecular weight is 295 g/mol. The SMILES string of the molecule is CN(C(=O)C1CCCCCCC1)c1cc(Cl)ccc1N. The first-order valence-corrected chi connectivity index (χ1v) is 7.80. The smallest absolute Gasteiger partial charge is 0.229 e. The van der Waals surface area contributed by atoms with E-state index in [1.165, 1.54) is 19.3 Å². The molecular weight excluding hydrogens is 272 g/mol. The molecule has 4 heteroatoms. The molecule has 2 N–H and O–H groups in total. The number of halogens is 1. The lowest BCUT2D eigenvalue weighted by Gasteiger charge is -2.26. The van der Waals surface area contributed by atoms with Gasteiger partial charge in [0.2, 0.25) is 5.91 Å². The molecule has 0 heterocycles.